The van der Waals surface area contributed by atoms with E-state index < -0.39 is 10.9 Å². The number of anilines is 1. The molecule has 1 fully saturated rings. The standard InChI is InChI=1S/C20H22N4O3/c1-13-15(20(27)24(22(13)2)14-9-5-3-6-10-14)16-17(19(26)18(16)25)21-23-11-7-4-8-12-23/h3,5-6,9-10,21H,4,7-8,11-12H2,1-2H3. The Morgan fingerprint density at radius 1 is 0.889 bits per heavy atom. The maximum atomic E-state index is 13.1. The molecule has 140 valence electrons. The molecule has 0 saturated carbocycles. The summed E-state index contributed by atoms with van der Waals surface area (Å²) in [6, 6.07) is 9.25. The van der Waals surface area contributed by atoms with E-state index in [4.69, 9.17) is 0 Å². The molecule has 0 atom stereocenters. The second kappa shape index (κ2) is 6.66. The van der Waals surface area contributed by atoms with Gasteiger partial charge in [-0.25, -0.2) is 9.69 Å². The first-order valence-electron chi connectivity index (χ1n) is 9.20. The molecule has 0 amide bonds. The summed E-state index contributed by atoms with van der Waals surface area (Å²) in [5.74, 6) is 0. The lowest BCUT2D eigenvalue weighted by Gasteiger charge is -2.28. The lowest BCUT2D eigenvalue weighted by atomic mass is 9.99. The van der Waals surface area contributed by atoms with Gasteiger partial charge in [0, 0.05) is 25.8 Å². The quantitative estimate of drug-likeness (QED) is 0.709. The second-order valence-corrected chi connectivity index (χ2v) is 7.00. The predicted molar refractivity (Wildman–Crippen MR) is 105 cm³/mol. The molecule has 1 aromatic heterocycles. The molecule has 1 saturated heterocycles. The van der Waals surface area contributed by atoms with Crippen molar-refractivity contribution in [3.05, 3.63) is 66.8 Å². The number of benzene rings is 1. The van der Waals surface area contributed by atoms with E-state index in [1.807, 2.05) is 35.3 Å². The van der Waals surface area contributed by atoms with E-state index in [2.05, 4.69) is 5.43 Å². The van der Waals surface area contributed by atoms with Gasteiger partial charge in [-0.05, 0) is 31.9 Å². The number of para-hydroxylation sites is 1. The number of hydrogen-bond donors (Lipinski definition) is 1. The summed E-state index contributed by atoms with van der Waals surface area (Å²) in [6.45, 7) is 3.43. The van der Waals surface area contributed by atoms with E-state index in [-0.39, 0.29) is 16.8 Å². The first-order valence-corrected chi connectivity index (χ1v) is 9.20. The normalized spacial score (nSPS) is 15.3. The number of hydrazine groups is 1. The maximum absolute atomic E-state index is 13.1. The van der Waals surface area contributed by atoms with Crippen LogP contribution in [0.15, 0.2) is 44.7 Å². The molecule has 2 heterocycles. The molecule has 2 aromatic carbocycles. The van der Waals surface area contributed by atoms with Gasteiger partial charge in [-0.2, -0.15) is 0 Å². The summed E-state index contributed by atoms with van der Waals surface area (Å²) in [5.41, 5.74) is 3.76. The van der Waals surface area contributed by atoms with Crippen molar-refractivity contribution >= 4 is 5.69 Å². The smallest absolute Gasteiger partial charge is 0.279 e. The molecule has 0 radical (unpaired) electrons. The van der Waals surface area contributed by atoms with Gasteiger partial charge in [-0.15, -0.1) is 0 Å². The topological polar surface area (TPSA) is 76.3 Å². The molecule has 7 nitrogen and oxygen atoms in total. The van der Waals surface area contributed by atoms with Crippen LogP contribution in [0.4, 0.5) is 5.69 Å². The molecule has 0 aliphatic carbocycles. The molecule has 0 spiro atoms. The molecule has 1 aliphatic rings. The van der Waals surface area contributed by atoms with Crippen LogP contribution in [0, 0.1) is 6.92 Å². The van der Waals surface area contributed by atoms with Crippen LogP contribution < -0.4 is 21.8 Å². The summed E-state index contributed by atoms with van der Waals surface area (Å²) in [6.07, 6.45) is 3.25. The highest BCUT2D eigenvalue weighted by Crippen LogP contribution is 2.26. The summed E-state index contributed by atoms with van der Waals surface area (Å²) >= 11 is 0. The first kappa shape index (κ1) is 17.5. The van der Waals surface area contributed by atoms with Crippen LogP contribution in [0.2, 0.25) is 0 Å². The van der Waals surface area contributed by atoms with Crippen LogP contribution >= 0.6 is 0 Å². The van der Waals surface area contributed by atoms with E-state index in [1.54, 1.807) is 18.7 Å². The average molecular weight is 366 g/mol. The Labute approximate surface area is 156 Å². The predicted octanol–water partition coefficient (Wildman–Crippen LogP) is 1.56. The van der Waals surface area contributed by atoms with Gasteiger partial charge >= 0.3 is 0 Å². The fraction of sp³-hybridized carbons (Fsp3) is 0.350. The summed E-state index contributed by atoms with van der Waals surface area (Å²) < 4.78 is 3.24. The van der Waals surface area contributed by atoms with Gasteiger partial charge in [0.05, 0.1) is 16.8 Å². The Balaban J connectivity index is 1.82. The molecule has 0 unspecified atom stereocenters. The van der Waals surface area contributed by atoms with Crippen LogP contribution in [-0.2, 0) is 7.05 Å². The fourth-order valence-corrected chi connectivity index (χ4v) is 3.76. The summed E-state index contributed by atoms with van der Waals surface area (Å²) in [4.78, 5) is 37.7. The Hall–Kier alpha value is -2.93. The zero-order valence-corrected chi connectivity index (χ0v) is 15.5. The Kier molecular flexibility index (Phi) is 4.31. The van der Waals surface area contributed by atoms with Crippen LogP contribution in [-0.4, -0.2) is 27.5 Å². The van der Waals surface area contributed by atoms with Gasteiger partial charge in [0.15, 0.2) is 0 Å². The lowest BCUT2D eigenvalue weighted by molar-refractivity contribution is 0.273. The third-order valence-electron chi connectivity index (χ3n) is 5.34. The van der Waals surface area contributed by atoms with Crippen LogP contribution in [0.3, 0.4) is 0 Å². The van der Waals surface area contributed by atoms with Gasteiger partial charge in [0.25, 0.3) is 11.0 Å². The van der Waals surface area contributed by atoms with Crippen molar-refractivity contribution in [2.75, 3.05) is 18.5 Å². The van der Waals surface area contributed by atoms with Crippen molar-refractivity contribution in [3.63, 3.8) is 0 Å². The molecule has 1 N–H and O–H groups in total. The van der Waals surface area contributed by atoms with E-state index in [0.29, 0.717) is 16.9 Å². The highest BCUT2D eigenvalue weighted by molar-refractivity contribution is 5.82. The van der Waals surface area contributed by atoms with Crippen molar-refractivity contribution in [2.24, 2.45) is 7.05 Å². The molecular formula is C20H22N4O3. The Bertz CT molecular complexity index is 1110. The number of piperidine rings is 1. The fourth-order valence-electron chi connectivity index (χ4n) is 3.76. The van der Waals surface area contributed by atoms with Gasteiger partial charge < -0.3 is 5.43 Å². The third kappa shape index (κ3) is 2.75. The third-order valence-corrected chi connectivity index (χ3v) is 5.34. The molecule has 3 aromatic rings. The number of aromatic nitrogens is 2. The van der Waals surface area contributed by atoms with Crippen LogP contribution in [0.1, 0.15) is 25.0 Å². The van der Waals surface area contributed by atoms with Crippen LogP contribution in [0.5, 0.6) is 0 Å². The zero-order chi connectivity index (χ0) is 19.1. The van der Waals surface area contributed by atoms with E-state index >= 15 is 0 Å². The monoisotopic (exact) mass is 366 g/mol. The lowest BCUT2D eigenvalue weighted by Crippen LogP contribution is -2.44. The highest BCUT2D eigenvalue weighted by Gasteiger charge is 2.30. The zero-order valence-electron chi connectivity index (χ0n) is 15.5. The molecule has 27 heavy (non-hydrogen) atoms. The van der Waals surface area contributed by atoms with E-state index in [1.165, 1.54) is 4.68 Å². The minimum atomic E-state index is -0.597. The van der Waals surface area contributed by atoms with Crippen molar-refractivity contribution in [1.82, 2.24) is 14.4 Å². The molecule has 4 rings (SSSR count). The average Bonchev–Trinajstić information content (AvgIpc) is 2.92. The van der Waals surface area contributed by atoms with E-state index in [0.717, 1.165) is 32.4 Å². The number of nitrogens with zero attached hydrogens (tertiary/aromatic N) is 3. The number of hydrogen-bond acceptors (Lipinski definition) is 5. The molecule has 7 heteroatoms. The summed E-state index contributed by atoms with van der Waals surface area (Å²) in [5, 5.41) is 1.96. The Morgan fingerprint density at radius 3 is 2.22 bits per heavy atom. The van der Waals surface area contributed by atoms with Crippen molar-refractivity contribution in [2.45, 2.75) is 26.2 Å². The number of rotatable bonds is 4. The van der Waals surface area contributed by atoms with Gasteiger partial charge in [-0.3, -0.25) is 19.1 Å². The first-order chi connectivity index (χ1) is 13.0. The van der Waals surface area contributed by atoms with Gasteiger partial charge in [0.2, 0.25) is 5.43 Å². The van der Waals surface area contributed by atoms with Crippen molar-refractivity contribution in [1.29, 1.82) is 0 Å². The maximum Gasteiger partial charge on any atom is 0.279 e. The largest absolute Gasteiger partial charge is 0.315 e. The summed E-state index contributed by atoms with van der Waals surface area (Å²) in [7, 11) is 1.77. The van der Waals surface area contributed by atoms with Gasteiger partial charge in [-0.1, -0.05) is 24.6 Å². The molecular weight excluding hydrogens is 344 g/mol. The minimum Gasteiger partial charge on any atom is -0.315 e. The molecule has 1 aliphatic heterocycles. The SMILES string of the molecule is Cc1c(-c2c(NN3CCCCC3)c(=O)c2=O)c(=O)n(-c2ccccc2)n1C. The second-order valence-electron chi connectivity index (χ2n) is 7.00. The van der Waals surface area contributed by atoms with Crippen molar-refractivity contribution in [3.8, 4) is 16.8 Å². The van der Waals surface area contributed by atoms with Gasteiger partial charge in [0.1, 0.15) is 5.69 Å². The van der Waals surface area contributed by atoms with Crippen LogP contribution in [0.25, 0.3) is 16.8 Å². The minimum absolute atomic E-state index is 0.207. The number of nitrogens with one attached hydrogen (secondary N) is 1. The molecule has 0 bridgehead atoms. The Morgan fingerprint density at radius 2 is 1.56 bits per heavy atom. The van der Waals surface area contributed by atoms with E-state index in [9.17, 15) is 14.4 Å². The highest BCUT2D eigenvalue weighted by atomic mass is 16.2. The van der Waals surface area contributed by atoms with Crippen molar-refractivity contribution < 1.29 is 0 Å².